The van der Waals surface area contributed by atoms with E-state index in [1.54, 1.807) is 24.3 Å². The van der Waals surface area contributed by atoms with Gasteiger partial charge in [0.15, 0.2) is 9.84 Å². The zero-order valence-electron chi connectivity index (χ0n) is 9.31. The van der Waals surface area contributed by atoms with E-state index >= 15 is 0 Å². The molecule has 0 atom stereocenters. The molecule has 0 radical (unpaired) electrons. The van der Waals surface area contributed by atoms with Gasteiger partial charge in [-0.25, -0.2) is 12.8 Å². The van der Waals surface area contributed by atoms with Gasteiger partial charge < -0.3 is 0 Å². The zero-order valence-corrected chi connectivity index (χ0v) is 11.7. The second-order valence-electron chi connectivity index (χ2n) is 3.81. The van der Waals surface area contributed by atoms with Gasteiger partial charge in [0.1, 0.15) is 5.82 Å². The van der Waals surface area contributed by atoms with Crippen molar-refractivity contribution in [2.45, 2.75) is 10.6 Å². The van der Waals surface area contributed by atoms with Crippen molar-refractivity contribution in [2.24, 2.45) is 0 Å². The van der Waals surface area contributed by atoms with Crippen LogP contribution < -0.4 is 0 Å². The van der Waals surface area contributed by atoms with Crippen molar-refractivity contribution in [2.75, 3.05) is 0 Å². The van der Waals surface area contributed by atoms with E-state index in [4.69, 9.17) is 0 Å². The third-order valence-corrected chi connectivity index (χ3v) is 4.64. The molecule has 0 saturated heterocycles. The third-order valence-electron chi connectivity index (χ3n) is 2.46. The van der Waals surface area contributed by atoms with Crippen LogP contribution in [0.15, 0.2) is 57.9 Å². The number of hydrogen-bond donors (Lipinski definition) is 0. The summed E-state index contributed by atoms with van der Waals surface area (Å²) in [5.74, 6) is -0.861. The molecule has 0 saturated carbocycles. The predicted molar refractivity (Wildman–Crippen MR) is 71.4 cm³/mol. The van der Waals surface area contributed by atoms with Crippen LogP contribution in [0.2, 0.25) is 0 Å². The van der Waals surface area contributed by atoms with Crippen LogP contribution in [0, 0.1) is 5.82 Å². The van der Waals surface area contributed by atoms with Gasteiger partial charge in [0, 0.05) is 10.0 Å². The number of benzene rings is 2. The van der Waals surface area contributed by atoms with Gasteiger partial charge in [0.25, 0.3) is 0 Å². The van der Waals surface area contributed by atoms with Crippen molar-refractivity contribution in [1.82, 2.24) is 0 Å². The number of hydrogen-bond acceptors (Lipinski definition) is 2. The maximum absolute atomic E-state index is 13.6. The summed E-state index contributed by atoms with van der Waals surface area (Å²) in [6, 6.07) is 12.4. The van der Waals surface area contributed by atoms with Gasteiger partial charge in [-0.1, -0.05) is 40.2 Å². The van der Waals surface area contributed by atoms with Crippen molar-refractivity contribution in [3.05, 3.63) is 64.4 Å². The monoisotopic (exact) mass is 328 g/mol. The van der Waals surface area contributed by atoms with Gasteiger partial charge in [0.05, 0.1) is 10.6 Å². The van der Waals surface area contributed by atoms with E-state index in [1.807, 2.05) is 0 Å². The van der Waals surface area contributed by atoms with E-state index in [0.29, 0.717) is 4.47 Å². The molecule has 0 amide bonds. The van der Waals surface area contributed by atoms with Crippen LogP contribution in [0.5, 0.6) is 0 Å². The lowest BCUT2D eigenvalue weighted by molar-refractivity contribution is 0.587. The van der Waals surface area contributed by atoms with Crippen molar-refractivity contribution < 1.29 is 12.8 Å². The highest BCUT2D eigenvalue weighted by molar-refractivity contribution is 9.10. The summed E-state index contributed by atoms with van der Waals surface area (Å²) in [5, 5.41) is 0. The summed E-state index contributed by atoms with van der Waals surface area (Å²) >= 11 is 3.13. The molecule has 0 fully saturated rings. The molecule has 0 aliphatic rings. The summed E-state index contributed by atoms with van der Waals surface area (Å²) in [5.41, 5.74) is 0.169. The van der Waals surface area contributed by atoms with Crippen LogP contribution in [-0.4, -0.2) is 8.42 Å². The number of rotatable bonds is 3. The van der Waals surface area contributed by atoms with E-state index < -0.39 is 15.7 Å². The van der Waals surface area contributed by atoms with Crippen LogP contribution in [0.1, 0.15) is 5.56 Å². The second kappa shape index (κ2) is 5.20. The summed E-state index contributed by atoms with van der Waals surface area (Å²) in [6.07, 6.45) is 0. The molecular formula is C13H10BrFO2S. The Morgan fingerprint density at radius 1 is 1.06 bits per heavy atom. The molecule has 0 unspecified atom stereocenters. The minimum Gasteiger partial charge on any atom is -0.223 e. The van der Waals surface area contributed by atoms with Crippen molar-refractivity contribution in [1.29, 1.82) is 0 Å². The summed E-state index contributed by atoms with van der Waals surface area (Å²) in [6.45, 7) is 0. The van der Waals surface area contributed by atoms with Crippen LogP contribution >= 0.6 is 15.9 Å². The largest absolute Gasteiger partial charge is 0.223 e. The highest BCUT2D eigenvalue weighted by Gasteiger charge is 2.17. The minimum absolute atomic E-state index is 0.169. The maximum Gasteiger partial charge on any atom is 0.182 e. The molecule has 0 aromatic heterocycles. The lowest BCUT2D eigenvalue weighted by Crippen LogP contribution is -2.06. The van der Waals surface area contributed by atoms with E-state index in [0.717, 1.165) is 0 Å². The molecule has 2 rings (SSSR count). The highest BCUT2D eigenvalue weighted by Crippen LogP contribution is 2.20. The van der Waals surface area contributed by atoms with Gasteiger partial charge in [-0.3, -0.25) is 0 Å². The molecule has 18 heavy (non-hydrogen) atoms. The molecule has 5 heteroatoms. The van der Waals surface area contributed by atoms with Crippen molar-refractivity contribution >= 4 is 25.8 Å². The Hall–Kier alpha value is -1.20. The normalized spacial score (nSPS) is 11.4. The number of halogens is 2. The fourth-order valence-corrected chi connectivity index (χ4v) is 3.27. The highest BCUT2D eigenvalue weighted by atomic mass is 79.9. The summed E-state index contributed by atoms with van der Waals surface area (Å²) < 4.78 is 38.3. The average molecular weight is 329 g/mol. The van der Waals surface area contributed by atoms with Gasteiger partial charge in [-0.15, -0.1) is 0 Å². The van der Waals surface area contributed by atoms with Crippen LogP contribution in [0.25, 0.3) is 0 Å². The Morgan fingerprint density at radius 2 is 1.72 bits per heavy atom. The standard InChI is InChI=1S/C13H10BrFO2S/c14-11-7-6-10(13(15)8-11)9-18(16,17)12-4-2-1-3-5-12/h1-8H,9H2. The Kier molecular flexibility index (Phi) is 3.82. The Balaban J connectivity index is 2.34. The molecule has 2 aromatic carbocycles. The quantitative estimate of drug-likeness (QED) is 0.863. The first-order valence-electron chi connectivity index (χ1n) is 5.21. The fraction of sp³-hybridized carbons (Fsp3) is 0.0769. The fourth-order valence-electron chi connectivity index (χ4n) is 1.55. The van der Waals surface area contributed by atoms with Crippen molar-refractivity contribution in [3.8, 4) is 0 Å². The third kappa shape index (κ3) is 2.97. The van der Waals surface area contributed by atoms with Gasteiger partial charge in [-0.05, 0) is 24.3 Å². The molecule has 0 bridgehead atoms. The zero-order chi connectivity index (χ0) is 13.2. The number of sulfone groups is 1. The molecule has 0 heterocycles. The molecule has 0 aliphatic carbocycles. The molecular weight excluding hydrogens is 319 g/mol. The van der Waals surface area contributed by atoms with Crippen LogP contribution in [-0.2, 0) is 15.6 Å². The SMILES string of the molecule is O=S(=O)(Cc1ccc(Br)cc1F)c1ccccc1. The smallest absolute Gasteiger partial charge is 0.182 e. The molecule has 2 nitrogen and oxygen atoms in total. The predicted octanol–water partition coefficient (Wildman–Crippen LogP) is 3.56. The van der Waals surface area contributed by atoms with Gasteiger partial charge >= 0.3 is 0 Å². The van der Waals surface area contributed by atoms with E-state index in [9.17, 15) is 12.8 Å². The minimum atomic E-state index is -3.50. The Labute approximate surface area is 114 Å². The Bertz CT molecular complexity index is 654. The van der Waals surface area contributed by atoms with Crippen LogP contribution in [0.3, 0.4) is 0 Å². The molecule has 2 aromatic rings. The summed E-state index contributed by atoms with van der Waals surface area (Å²) in [7, 11) is -3.50. The molecule has 0 aliphatic heterocycles. The second-order valence-corrected chi connectivity index (χ2v) is 6.71. The average Bonchev–Trinajstić information content (AvgIpc) is 2.34. The van der Waals surface area contributed by atoms with Crippen LogP contribution in [0.4, 0.5) is 4.39 Å². The van der Waals surface area contributed by atoms with Gasteiger partial charge in [0.2, 0.25) is 0 Å². The first-order chi connectivity index (χ1) is 8.49. The van der Waals surface area contributed by atoms with E-state index in [-0.39, 0.29) is 16.2 Å². The van der Waals surface area contributed by atoms with E-state index in [2.05, 4.69) is 15.9 Å². The van der Waals surface area contributed by atoms with Crippen molar-refractivity contribution in [3.63, 3.8) is 0 Å². The first-order valence-corrected chi connectivity index (χ1v) is 7.65. The van der Waals surface area contributed by atoms with E-state index in [1.165, 1.54) is 24.3 Å². The van der Waals surface area contributed by atoms with Gasteiger partial charge in [-0.2, -0.15) is 0 Å². The lowest BCUT2D eigenvalue weighted by Gasteiger charge is -2.06. The molecule has 0 spiro atoms. The Morgan fingerprint density at radius 3 is 2.33 bits per heavy atom. The lowest BCUT2D eigenvalue weighted by atomic mass is 10.2. The molecule has 94 valence electrons. The maximum atomic E-state index is 13.6. The summed E-state index contributed by atoms with van der Waals surface area (Å²) in [4.78, 5) is 0.201. The first kappa shape index (κ1) is 13.2. The molecule has 0 N–H and O–H groups in total. The topological polar surface area (TPSA) is 34.1 Å².